The minimum absolute atomic E-state index is 0.0737. The number of rotatable bonds is 6. The van der Waals surface area contributed by atoms with Crippen molar-refractivity contribution in [2.75, 3.05) is 0 Å². The molecule has 4 aromatic rings. The summed E-state index contributed by atoms with van der Waals surface area (Å²) in [7, 11) is -2.63. The summed E-state index contributed by atoms with van der Waals surface area (Å²) >= 11 is 0. The average Bonchev–Trinajstić information content (AvgIpc) is 3.59. The van der Waals surface area contributed by atoms with Crippen molar-refractivity contribution in [2.45, 2.75) is 77.5 Å². The first kappa shape index (κ1) is 29.6. The predicted octanol–water partition coefficient (Wildman–Crippen LogP) is 6.72. The molecule has 0 unspecified atom stereocenters. The van der Waals surface area contributed by atoms with Crippen molar-refractivity contribution >= 4 is 35.9 Å². The Morgan fingerprint density at radius 2 is 1.33 bits per heavy atom. The number of allylic oxidation sites excluding steroid dienone is 1. The fourth-order valence-corrected chi connectivity index (χ4v) is 12.3. The van der Waals surface area contributed by atoms with Crippen LogP contribution in [0.1, 0.15) is 64.5 Å². The molecule has 0 N–H and O–H groups in total. The van der Waals surface area contributed by atoms with E-state index in [1.54, 1.807) is 0 Å². The molecule has 0 saturated heterocycles. The molecule has 7 rings (SSSR count). The van der Waals surface area contributed by atoms with Crippen molar-refractivity contribution in [3.8, 4) is 11.1 Å². The summed E-state index contributed by atoms with van der Waals surface area (Å²) in [6.07, 6.45) is 3.20. The number of benzene rings is 4. The van der Waals surface area contributed by atoms with Gasteiger partial charge in [0.2, 0.25) is 0 Å². The Bertz CT molecular complexity index is 1900. The number of carbonyl (C=O) groups excluding carboxylic acids is 1. The summed E-state index contributed by atoms with van der Waals surface area (Å²) in [6.45, 7) is 11.0. The third kappa shape index (κ3) is 5.01. The molecule has 0 aromatic heterocycles. The van der Waals surface area contributed by atoms with E-state index in [4.69, 9.17) is 19.1 Å². The Hall–Kier alpha value is -4.13. The van der Waals surface area contributed by atoms with E-state index in [0.29, 0.717) is 5.70 Å². The monoisotopic (exact) mass is 612 g/mol. The maximum absolute atomic E-state index is 13.5. The molecule has 1 saturated carbocycles. The van der Waals surface area contributed by atoms with Gasteiger partial charge in [0.15, 0.2) is 5.70 Å². The molecule has 5 nitrogen and oxygen atoms in total. The first-order valence-corrected chi connectivity index (χ1v) is 18.0. The van der Waals surface area contributed by atoms with Gasteiger partial charge >= 0.3 is 5.97 Å². The fourth-order valence-electron chi connectivity index (χ4n) is 7.56. The van der Waals surface area contributed by atoms with Crippen LogP contribution in [0.3, 0.4) is 0 Å². The lowest BCUT2D eigenvalue weighted by Gasteiger charge is -2.46. The third-order valence-corrected chi connectivity index (χ3v) is 14.9. The lowest BCUT2D eigenvalue weighted by Crippen LogP contribution is -2.67. The van der Waals surface area contributed by atoms with Crippen LogP contribution in [0.5, 0.6) is 0 Å². The van der Waals surface area contributed by atoms with E-state index in [0.717, 1.165) is 69.9 Å². The van der Waals surface area contributed by atoms with Crippen LogP contribution in [0.15, 0.2) is 107 Å². The Kier molecular flexibility index (Phi) is 7.45. The number of nitrogens with zero attached hydrogens (tertiary/aromatic N) is 2. The topological polar surface area (TPSA) is 60.2 Å². The molecule has 45 heavy (non-hydrogen) atoms. The normalized spacial score (nSPS) is 18.9. The Labute approximate surface area is 266 Å². The molecule has 0 atom stereocenters. The van der Waals surface area contributed by atoms with Crippen LogP contribution in [0.2, 0.25) is 5.04 Å². The summed E-state index contributed by atoms with van der Waals surface area (Å²) in [4.78, 5) is 23.2. The number of fused-ring (bicyclic) bond motifs is 4. The molecule has 0 spiro atoms. The van der Waals surface area contributed by atoms with Gasteiger partial charge in [-0.15, -0.1) is 0 Å². The minimum atomic E-state index is -2.63. The van der Waals surface area contributed by atoms with Crippen LogP contribution in [0, 0.1) is 6.92 Å². The first-order chi connectivity index (χ1) is 21.7. The zero-order valence-corrected chi connectivity index (χ0v) is 27.8. The second-order valence-electron chi connectivity index (χ2n) is 13.6. The van der Waals surface area contributed by atoms with Crippen LogP contribution in [-0.4, -0.2) is 26.5 Å². The smallest absolute Gasteiger partial charge is 0.357 e. The van der Waals surface area contributed by atoms with Crippen LogP contribution in [0.4, 0.5) is 5.69 Å². The van der Waals surface area contributed by atoms with Crippen molar-refractivity contribution in [1.82, 2.24) is 0 Å². The molecule has 228 valence electrons. The Balaban J connectivity index is 1.08. The van der Waals surface area contributed by atoms with Gasteiger partial charge in [0.25, 0.3) is 8.32 Å². The number of carbonyl (C=O) groups is 1. The molecule has 3 aliphatic rings. The van der Waals surface area contributed by atoms with Crippen molar-refractivity contribution < 1.29 is 14.0 Å². The van der Waals surface area contributed by atoms with E-state index < -0.39 is 8.32 Å². The van der Waals surface area contributed by atoms with Crippen LogP contribution >= 0.6 is 0 Å². The summed E-state index contributed by atoms with van der Waals surface area (Å²) in [6, 6.07) is 31.8. The van der Waals surface area contributed by atoms with Crippen LogP contribution in [-0.2, 0) is 14.0 Å². The summed E-state index contributed by atoms with van der Waals surface area (Å²) < 4.78 is 13.5. The molecule has 0 radical (unpaired) electrons. The van der Waals surface area contributed by atoms with Crippen molar-refractivity contribution in [3.05, 3.63) is 119 Å². The largest absolute Gasteiger partial charge is 0.458 e. The number of para-hydroxylation sites is 1. The lowest BCUT2D eigenvalue weighted by atomic mass is 9.95. The summed E-state index contributed by atoms with van der Waals surface area (Å²) in [5.41, 5.74) is 6.51. The highest BCUT2D eigenvalue weighted by atomic mass is 28.4. The quantitative estimate of drug-likeness (QED) is 0.158. The predicted molar refractivity (Wildman–Crippen MR) is 182 cm³/mol. The molecule has 4 aromatic carbocycles. The second-order valence-corrected chi connectivity index (χ2v) is 17.8. The fraction of sp³-hybridized carbons (Fsp3) is 0.308. The number of esters is 1. The van der Waals surface area contributed by atoms with Gasteiger partial charge in [0, 0.05) is 22.8 Å². The van der Waals surface area contributed by atoms with Crippen LogP contribution < -0.4 is 21.1 Å². The highest BCUT2D eigenvalue weighted by molar-refractivity contribution is 6.99. The highest BCUT2D eigenvalue weighted by Gasteiger charge is 2.51. The van der Waals surface area contributed by atoms with E-state index in [9.17, 15) is 4.79 Å². The number of ether oxygens (including phenoxy) is 1. The zero-order chi connectivity index (χ0) is 31.3. The molecular formula is C39H40N2O3Si. The first-order valence-electron chi connectivity index (χ1n) is 16.1. The van der Waals surface area contributed by atoms with Gasteiger partial charge in [-0.3, -0.25) is 0 Å². The zero-order valence-electron chi connectivity index (χ0n) is 26.8. The molecule has 1 fully saturated rings. The number of hydrogen-bond donors (Lipinski definition) is 0. The van der Waals surface area contributed by atoms with Gasteiger partial charge in [-0.1, -0.05) is 99.6 Å². The van der Waals surface area contributed by atoms with Crippen LogP contribution in [0.25, 0.3) is 16.7 Å². The standard InChI is InChI=1S/C39H40N2O3Si/c1-25-35-26(2)37(41-34(35)24-32-31-18-12-13-19-33(31)40-36(25)32)38(42)43-27-20-22-28(23-21-27)44-45(39(3,4)5,29-14-8-6-9-15-29)30-16-10-7-11-17-30/h6-19,24,27-28H,20-23H2,1-5H3/t27-,28+. The Morgan fingerprint density at radius 1 is 0.756 bits per heavy atom. The van der Waals surface area contributed by atoms with Gasteiger partial charge < -0.3 is 9.16 Å². The maximum atomic E-state index is 13.5. The average molecular weight is 613 g/mol. The molecule has 0 bridgehead atoms. The van der Waals surface area contributed by atoms with Gasteiger partial charge in [0.05, 0.1) is 16.4 Å². The molecule has 2 heterocycles. The second kappa shape index (κ2) is 11.3. The van der Waals surface area contributed by atoms with E-state index in [1.165, 1.54) is 10.4 Å². The molecular weight excluding hydrogens is 573 g/mol. The molecule has 2 aliphatic heterocycles. The Morgan fingerprint density at radius 3 is 1.96 bits per heavy atom. The summed E-state index contributed by atoms with van der Waals surface area (Å²) in [5.74, 6) is -0.336. The van der Waals surface area contributed by atoms with Gasteiger partial charge in [-0.05, 0) is 78.2 Å². The molecule has 1 aliphatic carbocycles. The highest BCUT2D eigenvalue weighted by Crippen LogP contribution is 2.40. The summed E-state index contributed by atoms with van der Waals surface area (Å²) in [5, 5.41) is 4.30. The van der Waals surface area contributed by atoms with E-state index in [-0.39, 0.29) is 23.2 Å². The SMILES string of the molecule is CC1=C(C(=O)O[C@H]2CC[C@@H](O[Si](c3ccccc3)(c3ccccc3)C(C)(C)C)CC2)N=c2cc3c(c(C)c21)=Nc1ccccc1-3. The van der Waals surface area contributed by atoms with Gasteiger partial charge in [0.1, 0.15) is 6.10 Å². The van der Waals surface area contributed by atoms with E-state index >= 15 is 0 Å². The van der Waals surface area contributed by atoms with Crippen molar-refractivity contribution in [3.63, 3.8) is 0 Å². The third-order valence-electron chi connectivity index (χ3n) is 9.76. The lowest BCUT2D eigenvalue weighted by molar-refractivity contribution is -0.146. The van der Waals surface area contributed by atoms with Crippen molar-refractivity contribution in [1.29, 1.82) is 0 Å². The van der Waals surface area contributed by atoms with Gasteiger partial charge in [-0.2, -0.15) is 0 Å². The molecule has 0 amide bonds. The maximum Gasteiger partial charge on any atom is 0.357 e. The number of hydrogen-bond acceptors (Lipinski definition) is 5. The van der Waals surface area contributed by atoms with E-state index in [2.05, 4.69) is 100 Å². The minimum Gasteiger partial charge on any atom is -0.458 e. The van der Waals surface area contributed by atoms with Crippen molar-refractivity contribution in [2.24, 2.45) is 9.98 Å². The van der Waals surface area contributed by atoms with E-state index in [1.807, 2.05) is 25.1 Å². The van der Waals surface area contributed by atoms with Gasteiger partial charge in [-0.25, -0.2) is 14.8 Å². The molecule has 6 heteroatoms.